The molecule has 2 aliphatic heterocycles. The van der Waals surface area contributed by atoms with Crippen molar-refractivity contribution in [2.24, 2.45) is 7.05 Å². The molecule has 1 N–H and O–H groups in total. The molecule has 0 radical (unpaired) electrons. The van der Waals surface area contributed by atoms with Gasteiger partial charge in [-0.25, -0.2) is 0 Å². The predicted octanol–water partition coefficient (Wildman–Crippen LogP) is 2.41. The summed E-state index contributed by atoms with van der Waals surface area (Å²) in [6.07, 6.45) is 1.53. The molecule has 37 heavy (non-hydrogen) atoms. The lowest BCUT2D eigenvalue weighted by molar-refractivity contribution is -0.384. The maximum absolute atomic E-state index is 13.3. The van der Waals surface area contributed by atoms with Gasteiger partial charge in [0.2, 0.25) is 0 Å². The topological polar surface area (TPSA) is 117 Å². The van der Waals surface area contributed by atoms with Crippen LogP contribution < -0.4 is 10.2 Å². The van der Waals surface area contributed by atoms with E-state index in [1.807, 2.05) is 11.0 Å². The van der Waals surface area contributed by atoms with Crippen LogP contribution in [0.3, 0.4) is 0 Å². The Hall–Kier alpha value is -3.47. The van der Waals surface area contributed by atoms with Crippen LogP contribution in [0.5, 0.6) is 0 Å². The fraction of sp³-hybridized carbons (Fsp3) is 0.577. The lowest BCUT2D eigenvalue weighted by Crippen LogP contribution is -2.36. The molecule has 2 aromatic rings. The Morgan fingerprint density at radius 2 is 1.68 bits per heavy atom. The van der Waals surface area contributed by atoms with Gasteiger partial charge in [-0.15, -0.1) is 0 Å². The lowest BCUT2D eigenvalue weighted by atomic mass is 9.92. The van der Waals surface area contributed by atoms with Gasteiger partial charge < -0.3 is 20.0 Å². The van der Waals surface area contributed by atoms with Gasteiger partial charge in [-0.2, -0.15) is 5.10 Å². The Balaban J connectivity index is 1.50. The maximum Gasteiger partial charge on any atom is 0.293 e. The summed E-state index contributed by atoms with van der Waals surface area (Å²) in [4.78, 5) is 43.4. The van der Waals surface area contributed by atoms with E-state index >= 15 is 0 Å². The summed E-state index contributed by atoms with van der Waals surface area (Å²) in [6, 6.07) is 6.61. The first-order valence-corrected chi connectivity index (χ1v) is 12.9. The molecule has 0 aliphatic carbocycles. The van der Waals surface area contributed by atoms with E-state index in [-0.39, 0.29) is 22.9 Å². The van der Waals surface area contributed by atoms with Crippen LogP contribution in [-0.4, -0.2) is 88.7 Å². The maximum atomic E-state index is 13.3. The van der Waals surface area contributed by atoms with Gasteiger partial charge in [0.25, 0.3) is 17.5 Å². The van der Waals surface area contributed by atoms with Gasteiger partial charge in [0.1, 0.15) is 11.4 Å². The molecule has 0 bridgehead atoms. The largest absolute Gasteiger partial charge is 0.364 e. The van der Waals surface area contributed by atoms with Crippen LogP contribution >= 0.6 is 0 Å². The molecule has 2 amide bonds. The van der Waals surface area contributed by atoms with Crippen molar-refractivity contribution in [1.82, 2.24) is 24.9 Å². The third kappa shape index (κ3) is 5.93. The molecule has 0 atom stereocenters. The van der Waals surface area contributed by atoms with Crippen molar-refractivity contribution in [3.05, 3.63) is 51.3 Å². The molecule has 1 aromatic heterocycles. The summed E-state index contributed by atoms with van der Waals surface area (Å²) in [5, 5.41) is 19.8. The van der Waals surface area contributed by atoms with E-state index in [1.54, 1.807) is 33.7 Å². The normalized spacial score (nSPS) is 17.4. The van der Waals surface area contributed by atoms with E-state index in [2.05, 4.69) is 31.2 Å². The molecule has 0 unspecified atom stereocenters. The average Bonchev–Trinajstić information content (AvgIpc) is 3.04. The zero-order valence-electron chi connectivity index (χ0n) is 22.2. The number of hydrogen-bond donors (Lipinski definition) is 1. The number of nitrogens with one attached hydrogen (secondary N) is 1. The first-order chi connectivity index (χ1) is 17.6. The van der Waals surface area contributed by atoms with E-state index in [1.165, 1.54) is 6.07 Å². The number of nitro benzene ring substituents is 1. The van der Waals surface area contributed by atoms with E-state index in [0.717, 1.165) is 18.7 Å². The molecule has 11 nitrogen and oxygen atoms in total. The Morgan fingerprint density at radius 3 is 2.38 bits per heavy atom. The van der Waals surface area contributed by atoms with Crippen molar-refractivity contribution in [1.29, 1.82) is 0 Å². The fourth-order valence-corrected chi connectivity index (χ4v) is 4.86. The van der Waals surface area contributed by atoms with Crippen molar-refractivity contribution in [3.8, 4) is 0 Å². The minimum Gasteiger partial charge on any atom is -0.364 e. The number of carbonyl (C=O) groups excluding carboxylic acids is 2. The van der Waals surface area contributed by atoms with Crippen molar-refractivity contribution in [2.75, 3.05) is 57.3 Å². The molecule has 4 rings (SSSR count). The monoisotopic (exact) mass is 511 g/mol. The van der Waals surface area contributed by atoms with Crippen LogP contribution in [0, 0.1) is 10.1 Å². The van der Waals surface area contributed by atoms with Gasteiger partial charge in [-0.3, -0.25) is 24.4 Å². The molecule has 2 saturated heterocycles. The number of aryl methyl sites for hydroxylation is 1. The van der Waals surface area contributed by atoms with Gasteiger partial charge in [0, 0.05) is 69.9 Å². The lowest BCUT2D eigenvalue weighted by Gasteiger charge is -2.24. The predicted molar refractivity (Wildman–Crippen MR) is 141 cm³/mol. The first-order valence-electron chi connectivity index (χ1n) is 12.9. The number of amides is 2. The molecule has 3 heterocycles. The highest BCUT2D eigenvalue weighted by Gasteiger charge is 2.29. The average molecular weight is 512 g/mol. The third-order valence-corrected chi connectivity index (χ3v) is 7.04. The zero-order chi connectivity index (χ0) is 26.7. The van der Waals surface area contributed by atoms with E-state index in [4.69, 9.17) is 0 Å². The number of hydrogen-bond acceptors (Lipinski definition) is 7. The van der Waals surface area contributed by atoms with Crippen LogP contribution in [0.25, 0.3) is 0 Å². The summed E-state index contributed by atoms with van der Waals surface area (Å²) in [7, 11) is 1.78. The Bertz CT molecular complexity index is 1160. The second-order valence-electron chi connectivity index (χ2n) is 10.8. The van der Waals surface area contributed by atoms with Crippen molar-refractivity contribution in [2.45, 2.75) is 39.0 Å². The molecule has 2 aliphatic rings. The van der Waals surface area contributed by atoms with Crippen LogP contribution in [0.1, 0.15) is 60.2 Å². The van der Waals surface area contributed by atoms with Crippen molar-refractivity contribution >= 4 is 23.2 Å². The Kier molecular flexibility index (Phi) is 7.82. The van der Waals surface area contributed by atoms with Gasteiger partial charge in [-0.1, -0.05) is 20.8 Å². The zero-order valence-corrected chi connectivity index (χ0v) is 22.2. The Labute approximate surface area is 217 Å². The Morgan fingerprint density at radius 1 is 0.946 bits per heavy atom. The fourth-order valence-electron chi connectivity index (χ4n) is 4.86. The van der Waals surface area contributed by atoms with Crippen LogP contribution in [0.4, 0.5) is 11.4 Å². The number of rotatable bonds is 4. The van der Waals surface area contributed by atoms with Crippen LogP contribution in [0.2, 0.25) is 0 Å². The van der Waals surface area contributed by atoms with Crippen molar-refractivity contribution < 1.29 is 14.5 Å². The number of aromatic nitrogens is 2. The van der Waals surface area contributed by atoms with Crippen LogP contribution in [0.15, 0.2) is 24.3 Å². The standard InChI is InChI=1S/C26H37N7O4/c1-26(2,3)23-18-22(29(4)28-23)25(35)32-13-6-12-30(15-16-32)20-8-7-19(17-21(20)33(36)37)24(34)31-11-5-9-27-10-14-31/h7-8,17-18,27H,5-6,9-16H2,1-4H3. The van der Waals surface area contributed by atoms with Gasteiger partial charge in [-0.05, 0) is 37.6 Å². The second kappa shape index (κ2) is 10.9. The summed E-state index contributed by atoms with van der Waals surface area (Å²) in [5.74, 6) is -0.272. The molecular weight excluding hydrogens is 474 g/mol. The molecular formula is C26H37N7O4. The minimum absolute atomic E-state index is 0.0833. The molecule has 11 heteroatoms. The smallest absolute Gasteiger partial charge is 0.293 e. The van der Waals surface area contributed by atoms with Gasteiger partial charge >= 0.3 is 0 Å². The summed E-state index contributed by atoms with van der Waals surface area (Å²) < 4.78 is 1.63. The number of carbonyl (C=O) groups is 2. The molecule has 2 fully saturated rings. The van der Waals surface area contributed by atoms with Crippen molar-refractivity contribution in [3.63, 3.8) is 0 Å². The number of nitrogens with zero attached hydrogens (tertiary/aromatic N) is 6. The summed E-state index contributed by atoms with van der Waals surface area (Å²) in [6.45, 7) is 11.0. The number of benzene rings is 1. The molecule has 1 aromatic carbocycles. The van der Waals surface area contributed by atoms with E-state index < -0.39 is 4.92 Å². The molecule has 200 valence electrons. The van der Waals surface area contributed by atoms with E-state index in [9.17, 15) is 19.7 Å². The van der Waals surface area contributed by atoms with E-state index in [0.29, 0.717) is 69.2 Å². The van der Waals surface area contributed by atoms with Gasteiger partial charge in [0.15, 0.2) is 0 Å². The summed E-state index contributed by atoms with van der Waals surface area (Å²) in [5.41, 5.74) is 1.95. The second-order valence-corrected chi connectivity index (χ2v) is 10.8. The highest BCUT2D eigenvalue weighted by atomic mass is 16.6. The quantitative estimate of drug-likeness (QED) is 0.495. The SMILES string of the molecule is Cn1nc(C(C)(C)C)cc1C(=O)N1CCCN(c2ccc(C(=O)N3CCCNCC3)cc2[N+](=O)[O-])CC1. The van der Waals surface area contributed by atoms with Crippen LogP contribution in [-0.2, 0) is 12.5 Å². The molecule has 0 spiro atoms. The number of anilines is 1. The molecule has 0 saturated carbocycles. The highest BCUT2D eigenvalue weighted by Crippen LogP contribution is 2.31. The first kappa shape index (κ1) is 26.6. The highest BCUT2D eigenvalue weighted by molar-refractivity contribution is 5.96. The number of nitro groups is 1. The minimum atomic E-state index is -0.423. The summed E-state index contributed by atoms with van der Waals surface area (Å²) >= 11 is 0. The van der Waals surface area contributed by atoms with Gasteiger partial charge in [0.05, 0.1) is 10.6 Å². The third-order valence-electron chi connectivity index (χ3n) is 7.04.